The SMILES string of the molecule is C/C=C/C[C@@]1(C(=O)OCC)CCCOC1=O. The van der Waals surface area contributed by atoms with Gasteiger partial charge in [-0.2, -0.15) is 0 Å². The molecule has 1 aliphatic rings. The van der Waals surface area contributed by atoms with E-state index < -0.39 is 17.4 Å². The number of carbonyl (C=O) groups excluding carboxylic acids is 2. The fourth-order valence-electron chi connectivity index (χ4n) is 1.82. The van der Waals surface area contributed by atoms with Crippen LogP contribution in [0.4, 0.5) is 0 Å². The molecule has 4 nitrogen and oxygen atoms in total. The molecule has 1 aliphatic heterocycles. The Morgan fingerprint density at radius 3 is 2.94 bits per heavy atom. The zero-order valence-corrected chi connectivity index (χ0v) is 9.82. The van der Waals surface area contributed by atoms with Gasteiger partial charge in [0.2, 0.25) is 0 Å². The van der Waals surface area contributed by atoms with Crippen LogP contribution in [0.1, 0.15) is 33.1 Å². The summed E-state index contributed by atoms with van der Waals surface area (Å²) in [4.78, 5) is 23.7. The van der Waals surface area contributed by atoms with E-state index in [9.17, 15) is 9.59 Å². The molecule has 0 aromatic rings. The molecule has 0 bridgehead atoms. The highest BCUT2D eigenvalue weighted by atomic mass is 16.6. The molecule has 0 aliphatic carbocycles. The van der Waals surface area contributed by atoms with Crippen LogP contribution in [0.2, 0.25) is 0 Å². The van der Waals surface area contributed by atoms with Crippen molar-refractivity contribution >= 4 is 11.9 Å². The van der Waals surface area contributed by atoms with Gasteiger partial charge in [0.15, 0.2) is 5.41 Å². The quantitative estimate of drug-likeness (QED) is 0.417. The van der Waals surface area contributed by atoms with Crippen LogP contribution in [0.5, 0.6) is 0 Å². The molecule has 1 fully saturated rings. The lowest BCUT2D eigenvalue weighted by atomic mass is 9.78. The number of esters is 2. The highest BCUT2D eigenvalue weighted by Crippen LogP contribution is 2.35. The summed E-state index contributed by atoms with van der Waals surface area (Å²) in [6.07, 6.45) is 5.21. The number of hydrogen-bond acceptors (Lipinski definition) is 4. The van der Waals surface area contributed by atoms with Gasteiger partial charge in [-0.05, 0) is 33.1 Å². The van der Waals surface area contributed by atoms with Crippen molar-refractivity contribution in [3.05, 3.63) is 12.2 Å². The molecule has 1 atom stereocenters. The highest BCUT2D eigenvalue weighted by molar-refractivity contribution is 6.00. The van der Waals surface area contributed by atoms with Crippen molar-refractivity contribution in [1.82, 2.24) is 0 Å². The molecule has 0 radical (unpaired) electrons. The number of allylic oxidation sites excluding steroid dienone is 2. The molecule has 16 heavy (non-hydrogen) atoms. The number of cyclic esters (lactones) is 1. The van der Waals surface area contributed by atoms with Crippen molar-refractivity contribution in [2.75, 3.05) is 13.2 Å². The van der Waals surface area contributed by atoms with Gasteiger partial charge in [-0.3, -0.25) is 9.59 Å². The monoisotopic (exact) mass is 226 g/mol. The summed E-state index contributed by atoms with van der Waals surface area (Å²) < 4.78 is 9.96. The van der Waals surface area contributed by atoms with E-state index in [1.807, 2.05) is 19.1 Å². The molecular weight excluding hydrogens is 208 g/mol. The van der Waals surface area contributed by atoms with Crippen LogP contribution in [0, 0.1) is 5.41 Å². The molecule has 0 aromatic heterocycles. The Kier molecular flexibility index (Phi) is 4.52. The molecule has 0 aromatic carbocycles. The fraction of sp³-hybridized carbons (Fsp3) is 0.667. The molecule has 1 rings (SSSR count). The zero-order valence-electron chi connectivity index (χ0n) is 9.82. The van der Waals surface area contributed by atoms with Gasteiger partial charge in [0, 0.05) is 0 Å². The van der Waals surface area contributed by atoms with Crippen molar-refractivity contribution in [3.8, 4) is 0 Å². The zero-order chi connectivity index (χ0) is 12.0. The molecule has 0 saturated carbocycles. The Balaban J connectivity index is 2.89. The van der Waals surface area contributed by atoms with Crippen molar-refractivity contribution in [2.45, 2.75) is 33.1 Å². The minimum atomic E-state index is -1.11. The van der Waals surface area contributed by atoms with Gasteiger partial charge in [0.1, 0.15) is 0 Å². The summed E-state index contributed by atoms with van der Waals surface area (Å²) in [6, 6.07) is 0. The van der Waals surface area contributed by atoms with Crippen LogP contribution in [0.25, 0.3) is 0 Å². The predicted molar refractivity (Wildman–Crippen MR) is 58.7 cm³/mol. The van der Waals surface area contributed by atoms with Gasteiger partial charge in [-0.25, -0.2) is 0 Å². The first-order chi connectivity index (χ1) is 7.67. The van der Waals surface area contributed by atoms with Crippen molar-refractivity contribution < 1.29 is 19.1 Å². The Morgan fingerprint density at radius 2 is 2.38 bits per heavy atom. The molecule has 0 spiro atoms. The Labute approximate surface area is 95.6 Å². The maximum absolute atomic E-state index is 11.9. The Hall–Kier alpha value is -1.32. The summed E-state index contributed by atoms with van der Waals surface area (Å²) in [5.41, 5.74) is -1.11. The first-order valence-corrected chi connectivity index (χ1v) is 5.63. The van der Waals surface area contributed by atoms with Crippen molar-refractivity contribution in [2.24, 2.45) is 5.41 Å². The minimum absolute atomic E-state index is 0.281. The van der Waals surface area contributed by atoms with Crippen LogP contribution in [0.15, 0.2) is 12.2 Å². The molecule has 90 valence electrons. The van der Waals surface area contributed by atoms with Crippen LogP contribution >= 0.6 is 0 Å². The van der Waals surface area contributed by atoms with Gasteiger partial charge < -0.3 is 9.47 Å². The molecule has 0 amide bonds. The second-order valence-electron chi connectivity index (χ2n) is 3.82. The van der Waals surface area contributed by atoms with E-state index in [1.165, 1.54) is 0 Å². The first-order valence-electron chi connectivity index (χ1n) is 5.63. The van der Waals surface area contributed by atoms with E-state index in [0.717, 1.165) is 0 Å². The maximum atomic E-state index is 11.9. The first kappa shape index (κ1) is 12.7. The lowest BCUT2D eigenvalue weighted by molar-refractivity contribution is -0.177. The largest absolute Gasteiger partial charge is 0.465 e. The highest BCUT2D eigenvalue weighted by Gasteiger charge is 2.49. The van der Waals surface area contributed by atoms with E-state index in [4.69, 9.17) is 9.47 Å². The lowest BCUT2D eigenvalue weighted by Crippen LogP contribution is -2.44. The summed E-state index contributed by atoms with van der Waals surface area (Å²) in [5, 5.41) is 0. The normalized spacial score (nSPS) is 25.5. The predicted octanol–water partition coefficient (Wildman–Crippen LogP) is 1.84. The average Bonchev–Trinajstić information content (AvgIpc) is 2.28. The third-order valence-electron chi connectivity index (χ3n) is 2.74. The molecule has 0 N–H and O–H groups in total. The topological polar surface area (TPSA) is 52.6 Å². The summed E-state index contributed by atoms with van der Waals surface area (Å²) >= 11 is 0. The second-order valence-corrected chi connectivity index (χ2v) is 3.82. The van der Waals surface area contributed by atoms with Crippen LogP contribution < -0.4 is 0 Å². The number of carbonyl (C=O) groups is 2. The standard InChI is InChI=1S/C12H18O4/c1-3-5-7-12(10(13)15-4-2)8-6-9-16-11(12)14/h3,5H,4,6-9H2,1-2H3/b5-3+/t12-/m0/s1. The molecule has 4 heteroatoms. The summed E-state index contributed by atoms with van der Waals surface area (Å²) in [6.45, 7) is 4.27. The third kappa shape index (κ3) is 2.43. The lowest BCUT2D eigenvalue weighted by Gasteiger charge is -2.31. The van der Waals surface area contributed by atoms with Crippen molar-refractivity contribution in [1.29, 1.82) is 0 Å². The fourth-order valence-corrected chi connectivity index (χ4v) is 1.82. The molecule has 1 saturated heterocycles. The Bertz CT molecular complexity index is 295. The van der Waals surface area contributed by atoms with E-state index in [0.29, 0.717) is 25.9 Å². The van der Waals surface area contributed by atoms with E-state index in [-0.39, 0.29) is 6.61 Å². The van der Waals surface area contributed by atoms with Gasteiger partial charge >= 0.3 is 11.9 Å². The molecule has 0 unspecified atom stereocenters. The van der Waals surface area contributed by atoms with Gasteiger partial charge in [0.25, 0.3) is 0 Å². The average molecular weight is 226 g/mol. The third-order valence-corrected chi connectivity index (χ3v) is 2.74. The molecule has 1 heterocycles. The summed E-state index contributed by atoms with van der Waals surface area (Å²) in [7, 11) is 0. The smallest absolute Gasteiger partial charge is 0.323 e. The van der Waals surface area contributed by atoms with Gasteiger partial charge in [0.05, 0.1) is 13.2 Å². The number of ether oxygens (including phenoxy) is 2. The Morgan fingerprint density at radius 1 is 1.62 bits per heavy atom. The van der Waals surface area contributed by atoms with Crippen LogP contribution in [0.3, 0.4) is 0 Å². The van der Waals surface area contributed by atoms with E-state index in [1.54, 1.807) is 6.92 Å². The van der Waals surface area contributed by atoms with Gasteiger partial charge in [-0.15, -0.1) is 0 Å². The number of hydrogen-bond donors (Lipinski definition) is 0. The van der Waals surface area contributed by atoms with Gasteiger partial charge in [-0.1, -0.05) is 12.2 Å². The van der Waals surface area contributed by atoms with E-state index >= 15 is 0 Å². The number of rotatable bonds is 4. The van der Waals surface area contributed by atoms with E-state index in [2.05, 4.69) is 0 Å². The van der Waals surface area contributed by atoms with Crippen LogP contribution in [-0.2, 0) is 19.1 Å². The maximum Gasteiger partial charge on any atom is 0.323 e. The molecular formula is C12H18O4. The van der Waals surface area contributed by atoms with Crippen LogP contribution in [-0.4, -0.2) is 25.2 Å². The minimum Gasteiger partial charge on any atom is -0.465 e. The second kappa shape index (κ2) is 5.68. The summed E-state index contributed by atoms with van der Waals surface area (Å²) in [5.74, 6) is -0.909. The van der Waals surface area contributed by atoms with Crippen molar-refractivity contribution in [3.63, 3.8) is 0 Å².